The van der Waals surface area contributed by atoms with Crippen molar-refractivity contribution in [2.24, 2.45) is 16.0 Å². The largest absolute Gasteiger partial charge is 0.493 e. The Balaban J connectivity index is 1.81. The first kappa shape index (κ1) is 19.4. The molecule has 0 spiro atoms. The lowest BCUT2D eigenvalue weighted by Crippen LogP contribution is -2.31. The lowest BCUT2D eigenvalue weighted by molar-refractivity contribution is -0.121. The number of hydrazone groups is 1. The second-order valence-electron chi connectivity index (χ2n) is 6.40. The summed E-state index contributed by atoms with van der Waals surface area (Å²) in [4.78, 5) is 15.9. The van der Waals surface area contributed by atoms with Crippen LogP contribution >= 0.6 is 0 Å². The number of hydrogen-bond acceptors (Lipinski definition) is 6. The summed E-state index contributed by atoms with van der Waals surface area (Å²) in [5.74, 6) is 1.72. The summed E-state index contributed by atoms with van der Waals surface area (Å²) in [6.45, 7) is 1.99. The summed E-state index contributed by atoms with van der Waals surface area (Å²) in [5.41, 5.74) is 6.01. The molecule has 0 fully saturated rings. The van der Waals surface area contributed by atoms with E-state index < -0.39 is 0 Å². The van der Waals surface area contributed by atoms with Crippen LogP contribution in [-0.4, -0.2) is 39.2 Å². The summed E-state index contributed by atoms with van der Waals surface area (Å²) in [6.07, 6.45) is 2.18. The molecule has 1 atom stereocenters. The number of aliphatic imine (C=N–C) groups is 1. The number of methoxy groups -OCH3 is 3. The van der Waals surface area contributed by atoms with Crippen molar-refractivity contribution in [3.8, 4) is 17.2 Å². The maximum atomic E-state index is 11.4. The molecule has 28 heavy (non-hydrogen) atoms. The van der Waals surface area contributed by atoms with Gasteiger partial charge in [-0.3, -0.25) is 9.79 Å². The van der Waals surface area contributed by atoms with Crippen LogP contribution in [0.25, 0.3) is 0 Å². The van der Waals surface area contributed by atoms with Gasteiger partial charge in [-0.25, -0.2) is 5.43 Å². The number of carbonyl (C=O) groups excluding carboxylic acids is 1. The number of benzene rings is 2. The monoisotopic (exact) mass is 381 g/mol. The molecule has 0 saturated heterocycles. The van der Waals surface area contributed by atoms with E-state index >= 15 is 0 Å². The molecule has 1 amide bonds. The summed E-state index contributed by atoms with van der Waals surface area (Å²) in [7, 11) is 4.72. The van der Waals surface area contributed by atoms with Crippen molar-refractivity contribution in [2.45, 2.75) is 13.3 Å². The second kappa shape index (κ2) is 8.56. The highest BCUT2D eigenvalue weighted by atomic mass is 16.5. The van der Waals surface area contributed by atoms with Crippen molar-refractivity contribution in [3.63, 3.8) is 0 Å². The molecule has 1 heterocycles. The van der Waals surface area contributed by atoms with Gasteiger partial charge < -0.3 is 14.2 Å². The predicted octanol–water partition coefficient (Wildman–Crippen LogP) is 3.32. The molecule has 2 aromatic carbocycles. The molecule has 3 rings (SSSR count). The molecule has 2 aromatic rings. The fourth-order valence-electron chi connectivity index (χ4n) is 3.05. The maximum Gasteiger partial charge on any atom is 0.240 e. The van der Waals surface area contributed by atoms with Crippen LogP contribution in [0.15, 0.2) is 46.5 Å². The molecule has 0 aliphatic carbocycles. The maximum absolute atomic E-state index is 11.4. The highest BCUT2D eigenvalue weighted by Crippen LogP contribution is 2.37. The Hall–Kier alpha value is -3.35. The van der Waals surface area contributed by atoms with Crippen LogP contribution in [0.5, 0.6) is 17.2 Å². The van der Waals surface area contributed by atoms with Gasteiger partial charge >= 0.3 is 0 Å². The van der Waals surface area contributed by atoms with E-state index in [2.05, 4.69) is 15.5 Å². The van der Waals surface area contributed by atoms with E-state index in [-0.39, 0.29) is 11.8 Å². The first-order valence-electron chi connectivity index (χ1n) is 8.86. The number of rotatable bonds is 6. The minimum atomic E-state index is -0.0529. The molecular weight excluding hydrogens is 358 g/mol. The number of nitrogens with zero attached hydrogens (tertiary/aromatic N) is 2. The normalized spacial score (nSPS) is 16.5. The van der Waals surface area contributed by atoms with Gasteiger partial charge in [0.05, 0.1) is 32.7 Å². The number of ether oxygens (including phenoxy) is 3. The lowest BCUT2D eigenvalue weighted by atomic mass is 9.94. The molecule has 0 saturated carbocycles. The van der Waals surface area contributed by atoms with E-state index in [1.54, 1.807) is 27.5 Å². The number of amides is 1. The zero-order chi connectivity index (χ0) is 20.1. The Labute approximate surface area is 164 Å². The predicted molar refractivity (Wildman–Crippen MR) is 108 cm³/mol. The third kappa shape index (κ3) is 4.14. The average Bonchev–Trinajstić information content (AvgIpc) is 2.72. The molecule has 0 bridgehead atoms. The minimum absolute atomic E-state index is 0.0529. The van der Waals surface area contributed by atoms with Gasteiger partial charge in [0.25, 0.3) is 0 Å². The highest BCUT2D eigenvalue weighted by Gasteiger charge is 2.21. The van der Waals surface area contributed by atoms with Gasteiger partial charge in [0, 0.05) is 24.1 Å². The van der Waals surface area contributed by atoms with Gasteiger partial charge in [-0.2, -0.15) is 5.10 Å². The second-order valence-corrected chi connectivity index (χ2v) is 6.40. The van der Waals surface area contributed by atoms with Crippen LogP contribution in [0.1, 0.15) is 24.5 Å². The van der Waals surface area contributed by atoms with Crippen molar-refractivity contribution >= 4 is 23.5 Å². The minimum Gasteiger partial charge on any atom is -0.493 e. The Morgan fingerprint density at radius 3 is 2.25 bits per heavy atom. The van der Waals surface area contributed by atoms with E-state index in [0.29, 0.717) is 23.7 Å². The zero-order valence-corrected chi connectivity index (χ0v) is 16.4. The fourth-order valence-corrected chi connectivity index (χ4v) is 3.05. The molecule has 146 valence electrons. The summed E-state index contributed by atoms with van der Waals surface area (Å²) in [5, 5.41) is 4.18. The van der Waals surface area contributed by atoms with Crippen LogP contribution in [0.4, 0.5) is 5.69 Å². The van der Waals surface area contributed by atoms with E-state index in [4.69, 9.17) is 14.2 Å². The Morgan fingerprint density at radius 2 is 1.71 bits per heavy atom. The molecule has 1 N–H and O–H groups in total. The van der Waals surface area contributed by atoms with Gasteiger partial charge in [-0.05, 0) is 29.8 Å². The van der Waals surface area contributed by atoms with Crippen molar-refractivity contribution in [1.29, 1.82) is 0 Å². The summed E-state index contributed by atoms with van der Waals surface area (Å²) >= 11 is 0. The lowest BCUT2D eigenvalue weighted by Gasteiger charge is -2.19. The van der Waals surface area contributed by atoms with Crippen molar-refractivity contribution < 1.29 is 19.0 Å². The number of hydrogen-bond donors (Lipinski definition) is 1. The van der Waals surface area contributed by atoms with Gasteiger partial charge in [0.15, 0.2) is 11.5 Å². The molecule has 7 nitrogen and oxygen atoms in total. The smallest absolute Gasteiger partial charge is 0.240 e. The summed E-state index contributed by atoms with van der Waals surface area (Å²) < 4.78 is 16.1. The van der Waals surface area contributed by atoms with Gasteiger partial charge in [-0.1, -0.05) is 19.1 Å². The van der Waals surface area contributed by atoms with E-state index in [1.807, 2.05) is 43.3 Å². The molecule has 0 radical (unpaired) electrons. The van der Waals surface area contributed by atoms with Crippen molar-refractivity contribution in [2.75, 3.05) is 21.3 Å². The molecule has 1 aliphatic rings. The van der Waals surface area contributed by atoms with Gasteiger partial charge in [-0.15, -0.1) is 0 Å². The Morgan fingerprint density at radius 1 is 1.07 bits per heavy atom. The SMILES string of the molecule is COc1cc(C=Nc2ccc(C3=NNC(=O)C[C@H]3C)cc2)cc(OC)c1OC. The summed E-state index contributed by atoms with van der Waals surface area (Å²) in [6, 6.07) is 11.4. The van der Waals surface area contributed by atoms with E-state index in [1.165, 1.54) is 0 Å². The topological polar surface area (TPSA) is 81.5 Å². The zero-order valence-electron chi connectivity index (χ0n) is 16.4. The molecule has 7 heteroatoms. The molecule has 0 aromatic heterocycles. The molecule has 0 unspecified atom stereocenters. The van der Waals surface area contributed by atoms with Crippen LogP contribution in [0, 0.1) is 5.92 Å². The number of nitrogens with one attached hydrogen (secondary N) is 1. The van der Waals surface area contributed by atoms with Crippen LogP contribution < -0.4 is 19.6 Å². The Kier molecular flexibility index (Phi) is 5.93. The fraction of sp³-hybridized carbons (Fsp3) is 0.286. The Bertz CT molecular complexity index is 895. The van der Waals surface area contributed by atoms with Crippen LogP contribution in [0.3, 0.4) is 0 Å². The quantitative estimate of drug-likeness (QED) is 0.778. The molecular formula is C21H23N3O4. The van der Waals surface area contributed by atoms with E-state index in [9.17, 15) is 4.79 Å². The first-order chi connectivity index (χ1) is 13.5. The third-order valence-electron chi connectivity index (χ3n) is 4.47. The first-order valence-corrected chi connectivity index (χ1v) is 8.86. The van der Waals surface area contributed by atoms with Crippen molar-refractivity contribution in [1.82, 2.24) is 5.43 Å². The average molecular weight is 381 g/mol. The van der Waals surface area contributed by atoms with Crippen LogP contribution in [0.2, 0.25) is 0 Å². The van der Waals surface area contributed by atoms with E-state index in [0.717, 1.165) is 22.5 Å². The van der Waals surface area contributed by atoms with Gasteiger partial charge in [0.1, 0.15) is 0 Å². The molecule has 1 aliphatic heterocycles. The van der Waals surface area contributed by atoms with Crippen molar-refractivity contribution in [3.05, 3.63) is 47.5 Å². The standard InChI is InChI=1S/C21H23N3O4/c1-13-9-19(25)23-24-20(13)15-5-7-16(8-6-15)22-12-14-10-17(26-2)21(28-4)18(11-14)27-3/h5-8,10-13H,9H2,1-4H3,(H,23,25)/t13-/m1/s1. The van der Waals surface area contributed by atoms with Crippen LogP contribution in [-0.2, 0) is 4.79 Å². The number of carbonyl (C=O) groups is 1. The van der Waals surface area contributed by atoms with Gasteiger partial charge in [0.2, 0.25) is 11.7 Å². The third-order valence-corrected chi connectivity index (χ3v) is 4.47. The highest BCUT2D eigenvalue weighted by molar-refractivity contribution is 6.05.